The molecule has 0 aromatic heterocycles. The summed E-state index contributed by atoms with van der Waals surface area (Å²) in [5, 5.41) is 19.4. The van der Waals surface area contributed by atoms with Crippen LogP contribution in [0.15, 0.2) is 30.3 Å². The van der Waals surface area contributed by atoms with Crippen molar-refractivity contribution in [1.82, 2.24) is 0 Å². The molecule has 1 rings (SSSR count). The van der Waals surface area contributed by atoms with Crippen LogP contribution in [0.1, 0.15) is 31.7 Å². The van der Waals surface area contributed by atoms with E-state index < -0.39 is 10.9 Å². The maximum Gasteiger partial charge on any atom is 0.351 e. The molecule has 94 valence electrons. The molecule has 1 aromatic rings. The van der Waals surface area contributed by atoms with Crippen molar-refractivity contribution in [2.45, 2.75) is 31.1 Å². The Balaban J connectivity index is 2.73. The number of benzene rings is 1. The van der Waals surface area contributed by atoms with E-state index >= 15 is 0 Å². The second kappa shape index (κ2) is 6.67. The molecule has 1 unspecified atom stereocenters. The van der Waals surface area contributed by atoms with Crippen LogP contribution < -0.4 is 0 Å². The van der Waals surface area contributed by atoms with E-state index in [1.54, 1.807) is 30.3 Å². The van der Waals surface area contributed by atoms with E-state index in [1.807, 2.05) is 0 Å². The number of carboxylic acid groups (broad SMARTS) is 1. The Hall–Kier alpha value is -1.00. The predicted octanol–water partition coefficient (Wildman–Crippen LogP) is 2.84. The van der Waals surface area contributed by atoms with Crippen LogP contribution >= 0.6 is 11.8 Å². The van der Waals surface area contributed by atoms with Crippen molar-refractivity contribution in [3.05, 3.63) is 35.9 Å². The molecule has 0 aliphatic heterocycles. The highest BCUT2D eigenvalue weighted by Crippen LogP contribution is 2.34. The first-order valence-corrected chi connectivity index (χ1v) is 6.75. The smallest absolute Gasteiger partial charge is 0.351 e. The lowest BCUT2D eigenvalue weighted by atomic mass is 10.1. The van der Waals surface area contributed by atoms with E-state index in [9.17, 15) is 15.0 Å². The van der Waals surface area contributed by atoms with Gasteiger partial charge in [-0.1, -0.05) is 50.1 Å². The first-order valence-electron chi connectivity index (χ1n) is 5.76. The minimum atomic E-state index is -1.82. The summed E-state index contributed by atoms with van der Waals surface area (Å²) in [6.45, 7) is 2.09. The van der Waals surface area contributed by atoms with Crippen molar-refractivity contribution < 1.29 is 15.0 Å². The van der Waals surface area contributed by atoms with Crippen LogP contribution in [0.3, 0.4) is 0 Å². The summed E-state index contributed by atoms with van der Waals surface area (Å²) < 4.78 is 0. The van der Waals surface area contributed by atoms with Crippen LogP contribution in [0, 0.1) is 0 Å². The lowest BCUT2D eigenvalue weighted by molar-refractivity contribution is -0.150. The summed E-state index contributed by atoms with van der Waals surface area (Å²) in [5.74, 6) is -0.559. The van der Waals surface area contributed by atoms with E-state index in [-0.39, 0.29) is 0 Å². The fourth-order valence-corrected chi connectivity index (χ4v) is 2.57. The third-order valence-electron chi connectivity index (χ3n) is 2.51. The first kappa shape index (κ1) is 14.1. The molecule has 4 heteroatoms. The van der Waals surface area contributed by atoms with Gasteiger partial charge in [0, 0.05) is 5.56 Å². The maximum absolute atomic E-state index is 11.2. The minimum Gasteiger partial charge on any atom is -0.478 e. The zero-order chi connectivity index (χ0) is 12.7. The Kier molecular flexibility index (Phi) is 5.51. The van der Waals surface area contributed by atoms with Crippen LogP contribution in [0.5, 0.6) is 0 Å². The lowest BCUT2D eigenvalue weighted by Gasteiger charge is -2.23. The van der Waals surface area contributed by atoms with Crippen molar-refractivity contribution in [3.8, 4) is 0 Å². The van der Waals surface area contributed by atoms with Gasteiger partial charge in [0.15, 0.2) is 0 Å². The molecule has 0 amide bonds. The third-order valence-corrected chi connectivity index (χ3v) is 3.83. The molecule has 17 heavy (non-hydrogen) atoms. The number of hydrogen-bond acceptors (Lipinski definition) is 3. The number of aliphatic carboxylic acids is 1. The van der Waals surface area contributed by atoms with Gasteiger partial charge in [-0.2, -0.15) is 0 Å². The standard InChI is InChI=1S/C13H18O3S/c1-2-3-7-10-17-13(16,12(14)15)11-8-5-4-6-9-11/h4-6,8-9,16H,2-3,7,10H2,1H3,(H,14,15). The number of rotatable bonds is 7. The monoisotopic (exact) mass is 254 g/mol. The molecule has 0 radical (unpaired) electrons. The summed E-state index contributed by atoms with van der Waals surface area (Å²) in [7, 11) is 0. The number of hydrogen-bond donors (Lipinski definition) is 2. The molecule has 0 saturated heterocycles. The second-order valence-electron chi connectivity index (χ2n) is 3.87. The van der Waals surface area contributed by atoms with Gasteiger partial charge in [0.25, 0.3) is 0 Å². The van der Waals surface area contributed by atoms with E-state index in [2.05, 4.69) is 6.92 Å². The van der Waals surface area contributed by atoms with Crippen LogP contribution in [0.2, 0.25) is 0 Å². The van der Waals surface area contributed by atoms with Crippen molar-refractivity contribution in [3.63, 3.8) is 0 Å². The van der Waals surface area contributed by atoms with Crippen molar-refractivity contribution in [2.75, 3.05) is 5.75 Å². The highest BCUT2D eigenvalue weighted by atomic mass is 32.2. The van der Waals surface area contributed by atoms with Crippen molar-refractivity contribution >= 4 is 17.7 Å². The summed E-state index contributed by atoms with van der Waals surface area (Å²) in [6.07, 6.45) is 3.05. The molecule has 0 saturated carbocycles. The van der Waals surface area contributed by atoms with Crippen LogP contribution in [-0.4, -0.2) is 21.9 Å². The van der Waals surface area contributed by atoms with Crippen molar-refractivity contribution in [1.29, 1.82) is 0 Å². The minimum absolute atomic E-state index is 0.425. The zero-order valence-electron chi connectivity index (χ0n) is 9.93. The molecule has 0 aliphatic carbocycles. The van der Waals surface area contributed by atoms with Gasteiger partial charge in [-0.3, -0.25) is 0 Å². The second-order valence-corrected chi connectivity index (χ2v) is 5.16. The van der Waals surface area contributed by atoms with Crippen LogP contribution in [0.4, 0.5) is 0 Å². The topological polar surface area (TPSA) is 57.5 Å². The Bertz CT molecular complexity index is 353. The van der Waals surface area contributed by atoms with E-state index in [1.165, 1.54) is 0 Å². The van der Waals surface area contributed by atoms with Gasteiger partial charge < -0.3 is 10.2 Å². The van der Waals surface area contributed by atoms with Crippen LogP contribution in [-0.2, 0) is 9.73 Å². The molecule has 2 N–H and O–H groups in total. The maximum atomic E-state index is 11.2. The fraction of sp³-hybridized carbons (Fsp3) is 0.462. The highest BCUT2D eigenvalue weighted by molar-refractivity contribution is 8.00. The number of thioether (sulfide) groups is 1. The van der Waals surface area contributed by atoms with Gasteiger partial charge in [-0.15, -0.1) is 11.8 Å². The number of carboxylic acids is 1. The number of unbranched alkanes of at least 4 members (excludes halogenated alkanes) is 2. The van der Waals surface area contributed by atoms with E-state index in [0.29, 0.717) is 11.3 Å². The molecule has 0 aliphatic rings. The fourth-order valence-electron chi connectivity index (χ4n) is 1.50. The molecular weight excluding hydrogens is 236 g/mol. The molecule has 0 bridgehead atoms. The van der Waals surface area contributed by atoms with E-state index in [0.717, 1.165) is 31.0 Å². The quantitative estimate of drug-likeness (QED) is 0.580. The van der Waals surface area contributed by atoms with Crippen LogP contribution in [0.25, 0.3) is 0 Å². The van der Waals surface area contributed by atoms with Gasteiger partial charge in [-0.25, -0.2) is 4.79 Å². The molecule has 0 heterocycles. The summed E-state index contributed by atoms with van der Waals surface area (Å²) >= 11 is 1.08. The Morgan fingerprint density at radius 3 is 2.47 bits per heavy atom. The first-order chi connectivity index (χ1) is 8.11. The SMILES string of the molecule is CCCCCSC(O)(C(=O)O)c1ccccc1. The number of carbonyl (C=O) groups is 1. The summed E-state index contributed by atoms with van der Waals surface area (Å²) in [6, 6.07) is 8.54. The summed E-state index contributed by atoms with van der Waals surface area (Å²) in [5.41, 5.74) is 0.425. The van der Waals surface area contributed by atoms with Gasteiger partial charge in [-0.05, 0) is 12.2 Å². The summed E-state index contributed by atoms with van der Waals surface area (Å²) in [4.78, 5) is 9.39. The predicted molar refractivity (Wildman–Crippen MR) is 70.0 cm³/mol. The zero-order valence-corrected chi connectivity index (χ0v) is 10.7. The molecular formula is C13H18O3S. The number of aliphatic hydroxyl groups is 1. The molecule has 0 fully saturated rings. The van der Waals surface area contributed by atoms with Crippen molar-refractivity contribution in [2.24, 2.45) is 0 Å². The molecule has 1 atom stereocenters. The molecule has 1 aromatic carbocycles. The Morgan fingerprint density at radius 2 is 1.94 bits per heavy atom. The van der Waals surface area contributed by atoms with Gasteiger partial charge in [0.2, 0.25) is 4.93 Å². The highest BCUT2D eigenvalue weighted by Gasteiger charge is 2.38. The molecule has 0 spiro atoms. The normalized spacial score (nSPS) is 14.2. The van der Waals surface area contributed by atoms with Gasteiger partial charge in [0.05, 0.1) is 0 Å². The average molecular weight is 254 g/mol. The largest absolute Gasteiger partial charge is 0.478 e. The third kappa shape index (κ3) is 3.75. The Morgan fingerprint density at radius 1 is 1.29 bits per heavy atom. The Labute approximate surface area is 106 Å². The van der Waals surface area contributed by atoms with Gasteiger partial charge in [0.1, 0.15) is 0 Å². The van der Waals surface area contributed by atoms with E-state index in [4.69, 9.17) is 0 Å². The lowest BCUT2D eigenvalue weighted by Crippen LogP contribution is -2.32. The molecule has 3 nitrogen and oxygen atoms in total. The van der Waals surface area contributed by atoms with Gasteiger partial charge >= 0.3 is 5.97 Å². The average Bonchev–Trinajstić information content (AvgIpc) is 2.35.